The zero-order valence-electron chi connectivity index (χ0n) is 18.6. The Morgan fingerprint density at radius 2 is 1.85 bits per heavy atom. The molecule has 1 fully saturated rings. The smallest absolute Gasteiger partial charge is 0.352 e. The normalized spacial score (nSPS) is 17.0. The highest BCUT2D eigenvalue weighted by Crippen LogP contribution is 2.32. The molecule has 3 aromatic rings. The van der Waals surface area contributed by atoms with Gasteiger partial charge in [0.1, 0.15) is 18.2 Å². The predicted octanol–water partition coefficient (Wildman–Crippen LogP) is 4.74. The number of halogens is 2. The molecule has 33 heavy (non-hydrogen) atoms. The first kappa shape index (κ1) is 21.4. The first-order chi connectivity index (χ1) is 15.9. The van der Waals surface area contributed by atoms with E-state index in [1.165, 1.54) is 12.1 Å². The van der Waals surface area contributed by atoms with Crippen molar-refractivity contribution in [2.75, 3.05) is 18.0 Å². The second-order valence-electron chi connectivity index (χ2n) is 8.83. The molecule has 0 aliphatic carbocycles. The number of hydrogen-bond donors (Lipinski definition) is 0. The Bertz CT molecular complexity index is 1250. The van der Waals surface area contributed by atoms with Gasteiger partial charge < -0.3 is 14.4 Å². The number of fused-ring (bicyclic) bond motifs is 4. The van der Waals surface area contributed by atoms with Crippen LogP contribution in [0.3, 0.4) is 0 Å². The third kappa shape index (κ3) is 4.29. The number of benzene rings is 2. The van der Waals surface area contributed by atoms with E-state index in [0.29, 0.717) is 18.2 Å². The molecule has 1 unspecified atom stereocenters. The van der Waals surface area contributed by atoms with E-state index in [1.54, 1.807) is 22.8 Å². The van der Waals surface area contributed by atoms with Gasteiger partial charge in [0.05, 0.1) is 0 Å². The molecule has 2 aliphatic rings. The molecule has 5 rings (SSSR count). The largest absolute Gasteiger partial charge is 0.473 e. The lowest BCUT2D eigenvalue weighted by molar-refractivity contribution is 0.281. The summed E-state index contributed by atoms with van der Waals surface area (Å²) in [5, 5.41) is 0. The molecule has 1 atom stereocenters. The fourth-order valence-corrected chi connectivity index (χ4v) is 4.51. The Kier molecular flexibility index (Phi) is 5.52. The van der Waals surface area contributed by atoms with Gasteiger partial charge in [0.25, 0.3) is 0 Å². The lowest BCUT2D eigenvalue weighted by atomic mass is 9.96. The van der Waals surface area contributed by atoms with Crippen molar-refractivity contribution >= 4 is 5.82 Å². The Morgan fingerprint density at radius 1 is 1.06 bits per heavy atom. The number of hydrogen-bond acceptors (Lipinski definition) is 5. The molecule has 8 heteroatoms. The van der Waals surface area contributed by atoms with Crippen molar-refractivity contribution in [3.8, 4) is 17.4 Å². The van der Waals surface area contributed by atoms with Crippen LogP contribution in [0.15, 0.2) is 41.2 Å². The van der Waals surface area contributed by atoms with Crippen molar-refractivity contribution < 1.29 is 18.3 Å². The third-order valence-corrected chi connectivity index (χ3v) is 6.39. The minimum Gasteiger partial charge on any atom is -0.473 e. The maximum absolute atomic E-state index is 14.6. The second kappa shape index (κ2) is 8.50. The van der Waals surface area contributed by atoms with Crippen LogP contribution in [0, 0.1) is 31.4 Å². The number of aryl methyl sites for hydroxylation is 2. The van der Waals surface area contributed by atoms with Crippen LogP contribution in [-0.2, 0) is 13.2 Å². The van der Waals surface area contributed by atoms with E-state index in [1.807, 2.05) is 19.9 Å². The van der Waals surface area contributed by atoms with Gasteiger partial charge in [-0.2, -0.15) is 4.98 Å². The summed E-state index contributed by atoms with van der Waals surface area (Å²) in [6, 6.07) is 9.30. The number of aromatic nitrogens is 2. The van der Waals surface area contributed by atoms with Crippen LogP contribution >= 0.6 is 0 Å². The summed E-state index contributed by atoms with van der Waals surface area (Å²) in [5.41, 5.74) is 1.93. The van der Waals surface area contributed by atoms with Gasteiger partial charge in [-0.15, -0.1) is 0 Å². The first-order valence-electron chi connectivity index (χ1n) is 11.1. The zero-order chi connectivity index (χ0) is 23.1. The Morgan fingerprint density at radius 3 is 2.61 bits per heavy atom. The molecule has 2 bridgehead atoms. The summed E-state index contributed by atoms with van der Waals surface area (Å²) in [7, 11) is 0. The predicted molar refractivity (Wildman–Crippen MR) is 120 cm³/mol. The summed E-state index contributed by atoms with van der Waals surface area (Å²) in [6.07, 6.45) is 2.20. The van der Waals surface area contributed by atoms with Gasteiger partial charge in [0.15, 0.2) is 17.4 Å². The van der Waals surface area contributed by atoms with Crippen molar-refractivity contribution in [2.24, 2.45) is 5.92 Å². The molecule has 6 nitrogen and oxygen atoms in total. The van der Waals surface area contributed by atoms with E-state index in [-0.39, 0.29) is 23.7 Å². The van der Waals surface area contributed by atoms with Crippen LogP contribution in [0.5, 0.6) is 17.4 Å². The number of nitrogens with zero attached hydrogens (tertiary/aromatic N) is 3. The van der Waals surface area contributed by atoms with Crippen molar-refractivity contribution in [3.05, 3.63) is 75.2 Å². The number of rotatable bonds is 5. The lowest BCUT2D eigenvalue weighted by Crippen LogP contribution is -2.46. The summed E-state index contributed by atoms with van der Waals surface area (Å²) < 4.78 is 42.1. The van der Waals surface area contributed by atoms with E-state index in [2.05, 4.69) is 9.88 Å². The van der Waals surface area contributed by atoms with Gasteiger partial charge in [-0.05, 0) is 73.6 Å². The molecule has 3 heterocycles. The quantitative estimate of drug-likeness (QED) is 0.559. The maximum atomic E-state index is 14.6. The van der Waals surface area contributed by atoms with Gasteiger partial charge in [0.2, 0.25) is 5.88 Å². The van der Waals surface area contributed by atoms with Crippen molar-refractivity contribution in [2.45, 2.75) is 39.8 Å². The monoisotopic (exact) mass is 453 g/mol. The Labute approximate surface area is 190 Å². The van der Waals surface area contributed by atoms with E-state index in [0.717, 1.165) is 42.9 Å². The topological polar surface area (TPSA) is 56.6 Å². The molecule has 0 amide bonds. The van der Waals surface area contributed by atoms with Crippen molar-refractivity contribution in [1.29, 1.82) is 0 Å². The van der Waals surface area contributed by atoms with Crippen LogP contribution in [0.25, 0.3) is 0 Å². The van der Waals surface area contributed by atoms with E-state index < -0.39 is 17.4 Å². The molecule has 1 aromatic heterocycles. The van der Waals surface area contributed by atoms with Crippen LogP contribution in [-0.4, -0.2) is 22.6 Å². The van der Waals surface area contributed by atoms with Gasteiger partial charge in [-0.3, -0.25) is 4.57 Å². The minimum atomic E-state index is -0.829. The summed E-state index contributed by atoms with van der Waals surface area (Å²) in [6.45, 7) is 6.19. The molecule has 0 saturated carbocycles. The summed E-state index contributed by atoms with van der Waals surface area (Å²) in [4.78, 5) is 18.7. The Balaban J connectivity index is 1.33. The first-order valence-corrected chi connectivity index (χ1v) is 11.1. The van der Waals surface area contributed by atoms with Crippen LogP contribution in [0.4, 0.5) is 14.6 Å². The van der Waals surface area contributed by atoms with Gasteiger partial charge in [-0.25, -0.2) is 13.6 Å². The molecule has 1 saturated heterocycles. The molecule has 172 valence electrons. The standard InChI is InChI=1S/C25H25F2N3O3/c1-15-5-6-19(8-16(15)2)33-24-20(26)9-18(10-21(24)27)14-32-22-11-23-29-7-3-4-17(12-29)13-30(23)25(31)28-22/h5-6,8-11,17H,3-4,7,12-14H2,1-2H3. The minimum absolute atomic E-state index is 0.129. The number of anilines is 1. The molecule has 0 spiro atoms. The number of piperidine rings is 1. The van der Waals surface area contributed by atoms with Crippen LogP contribution in [0.2, 0.25) is 0 Å². The molecule has 2 aromatic carbocycles. The van der Waals surface area contributed by atoms with Crippen LogP contribution < -0.4 is 20.1 Å². The average Bonchev–Trinajstić information content (AvgIpc) is 2.78. The number of ether oxygens (including phenoxy) is 2. The zero-order valence-corrected chi connectivity index (χ0v) is 18.6. The second-order valence-corrected chi connectivity index (χ2v) is 8.83. The average molecular weight is 453 g/mol. The van der Waals surface area contributed by atoms with Gasteiger partial charge in [-0.1, -0.05) is 6.07 Å². The molecule has 2 aliphatic heterocycles. The van der Waals surface area contributed by atoms with E-state index in [4.69, 9.17) is 9.47 Å². The van der Waals surface area contributed by atoms with Crippen molar-refractivity contribution in [3.63, 3.8) is 0 Å². The summed E-state index contributed by atoms with van der Waals surface area (Å²) in [5.74, 6) is -0.366. The van der Waals surface area contributed by atoms with Crippen molar-refractivity contribution in [1.82, 2.24) is 9.55 Å². The molecule has 0 N–H and O–H groups in total. The summed E-state index contributed by atoms with van der Waals surface area (Å²) >= 11 is 0. The third-order valence-electron chi connectivity index (χ3n) is 6.39. The van der Waals surface area contributed by atoms with Gasteiger partial charge in [0, 0.05) is 25.7 Å². The van der Waals surface area contributed by atoms with E-state index >= 15 is 0 Å². The molecular weight excluding hydrogens is 428 g/mol. The Hall–Kier alpha value is -3.42. The fraction of sp³-hybridized carbons (Fsp3) is 0.360. The van der Waals surface area contributed by atoms with Gasteiger partial charge >= 0.3 is 5.69 Å². The molecule has 0 radical (unpaired) electrons. The highest BCUT2D eigenvalue weighted by Gasteiger charge is 2.29. The molecular formula is C25H25F2N3O3. The highest BCUT2D eigenvalue weighted by atomic mass is 19.1. The van der Waals surface area contributed by atoms with Crippen LogP contribution in [0.1, 0.15) is 29.5 Å². The maximum Gasteiger partial charge on any atom is 0.352 e. The lowest BCUT2D eigenvalue weighted by Gasteiger charge is -2.40. The highest BCUT2D eigenvalue weighted by molar-refractivity contribution is 5.45. The van der Waals surface area contributed by atoms with E-state index in [9.17, 15) is 13.6 Å². The SMILES string of the molecule is Cc1ccc(Oc2c(F)cc(COc3cc4n(c(=O)n3)CC3CCCN4C3)cc2F)cc1C. The fourth-order valence-electron chi connectivity index (χ4n) is 4.51.